The van der Waals surface area contributed by atoms with Gasteiger partial charge >= 0.3 is 0 Å². The van der Waals surface area contributed by atoms with Crippen molar-refractivity contribution in [3.05, 3.63) is 57.3 Å². The van der Waals surface area contributed by atoms with E-state index >= 15 is 0 Å². The predicted octanol–water partition coefficient (Wildman–Crippen LogP) is 4.10. The molecule has 0 aliphatic rings. The van der Waals surface area contributed by atoms with Crippen LogP contribution in [0.1, 0.15) is 16.9 Å². The summed E-state index contributed by atoms with van der Waals surface area (Å²) in [5.74, 6) is 0. The molecule has 0 amide bonds. The lowest BCUT2D eigenvalue weighted by Crippen LogP contribution is -2.20. The van der Waals surface area contributed by atoms with E-state index in [1.165, 1.54) is 22.7 Å². The molecule has 3 aromatic rings. The monoisotopic (exact) mass is 297 g/mol. The Labute approximate surface area is 125 Å². The Balaban J connectivity index is 2.04. The highest BCUT2D eigenvalue weighted by Crippen LogP contribution is 2.36. The number of benzene rings is 1. The van der Waals surface area contributed by atoms with Crippen LogP contribution in [0.2, 0.25) is 0 Å². The predicted molar refractivity (Wildman–Crippen MR) is 81.7 cm³/mol. The highest BCUT2D eigenvalue weighted by Gasteiger charge is 2.35. The summed E-state index contributed by atoms with van der Waals surface area (Å²) in [7, 11) is 0. The molecule has 0 spiro atoms. The van der Waals surface area contributed by atoms with E-state index in [0.717, 1.165) is 21.3 Å². The molecule has 1 aromatic carbocycles. The van der Waals surface area contributed by atoms with E-state index in [1.54, 1.807) is 6.20 Å². The van der Waals surface area contributed by atoms with Gasteiger partial charge in [0.15, 0.2) is 5.41 Å². The Bertz CT molecular complexity index is 741. The van der Waals surface area contributed by atoms with Crippen LogP contribution in [0.4, 0.5) is 0 Å². The van der Waals surface area contributed by atoms with Crippen molar-refractivity contribution in [2.24, 2.45) is 0 Å². The maximum atomic E-state index is 9.57. The lowest BCUT2D eigenvalue weighted by Gasteiger charge is -2.15. The maximum absolute atomic E-state index is 9.57. The van der Waals surface area contributed by atoms with Crippen molar-refractivity contribution in [3.63, 3.8) is 0 Å². The Morgan fingerprint density at radius 3 is 2.60 bits per heavy atom. The van der Waals surface area contributed by atoms with Crippen molar-refractivity contribution in [3.8, 4) is 17.3 Å². The molecule has 1 atom stereocenters. The topological polar surface area (TPSA) is 49.6 Å². The minimum absolute atomic E-state index is 0.772. The summed E-state index contributed by atoms with van der Waals surface area (Å²) in [6.45, 7) is 1.87. The first-order valence-electron chi connectivity index (χ1n) is 6.06. The SMILES string of the molecule is CC(C#N)(c1nccs1)c1nc(-c2ccccc2)cs1. The summed E-state index contributed by atoms with van der Waals surface area (Å²) in [6, 6.07) is 12.3. The number of nitrogens with zero attached hydrogens (tertiary/aromatic N) is 3. The van der Waals surface area contributed by atoms with Crippen molar-refractivity contribution >= 4 is 22.7 Å². The summed E-state index contributed by atoms with van der Waals surface area (Å²) < 4.78 is 0. The average Bonchev–Trinajstić information content (AvgIpc) is 3.19. The quantitative estimate of drug-likeness (QED) is 0.731. The van der Waals surface area contributed by atoms with Gasteiger partial charge in [-0.1, -0.05) is 30.3 Å². The number of rotatable bonds is 3. The largest absolute Gasteiger partial charge is 0.248 e. The fraction of sp³-hybridized carbons (Fsp3) is 0.133. The molecule has 0 aliphatic carbocycles. The fourth-order valence-electron chi connectivity index (χ4n) is 1.90. The molecule has 2 aromatic heterocycles. The molecule has 98 valence electrons. The number of hydrogen-bond donors (Lipinski definition) is 0. The second kappa shape index (κ2) is 5.16. The second-order valence-electron chi connectivity index (χ2n) is 4.48. The molecule has 0 radical (unpaired) electrons. The molecule has 2 heterocycles. The third kappa shape index (κ3) is 2.13. The van der Waals surface area contributed by atoms with Crippen molar-refractivity contribution in [1.29, 1.82) is 5.26 Å². The number of thiazole rings is 2. The molecule has 3 nitrogen and oxygen atoms in total. The number of nitriles is 1. The van der Waals surface area contributed by atoms with E-state index in [2.05, 4.69) is 16.0 Å². The molecule has 0 bridgehead atoms. The maximum Gasteiger partial charge on any atom is 0.157 e. The summed E-state index contributed by atoms with van der Waals surface area (Å²) in [4.78, 5) is 8.92. The molecule has 1 unspecified atom stereocenters. The van der Waals surface area contributed by atoms with Gasteiger partial charge in [-0.2, -0.15) is 5.26 Å². The molecule has 3 rings (SSSR count). The second-order valence-corrected chi connectivity index (χ2v) is 6.23. The van der Waals surface area contributed by atoms with E-state index in [0.29, 0.717) is 0 Å². The lowest BCUT2D eigenvalue weighted by molar-refractivity contribution is 0.724. The van der Waals surface area contributed by atoms with Crippen LogP contribution < -0.4 is 0 Å². The van der Waals surface area contributed by atoms with Gasteiger partial charge in [0, 0.05) is 22.5 Å². The molecule has 0 N–H and O–H groups in total. The van der Waals surface area contributed by atoms with E-state index in [4.69, 9.17) is 0 Å². The molecule has 5 heteroatoms. The van der Waals surface area contributed by atoms with Gasteiger partial charge in [0.1, 0.15) is 10.0 Å². The molecule has 20 heavy (non-hydrogen) atoms. The van der Waals surface area contributed by atoms with Crippen LogP contribution >= 0.6 is 22.7 Å². The standard InChI is InChI=1S/C15H11N3S2/c1-15(10-16,13-17-7-8-19-13)14-18-12(9-20-14)11-5-3-2-4-6-11/h2-9H,1H3. The molecule has 0 aliphatic heterocycles. The van der Waals surface area contributed by atoms with E-state index < -0.39 is 5.41 Å². The minimum Gasteiger partial charge on any atom is -0.248 e. The summed E-state index contributed by atoms with van der Waals surface area (Å²) in [5, 5.41) is 15.0. The van der Waals surface area contributed by atoms with Crippen LogP contribution in [0.25, 0.3) is 11.3 Å². The summed E-state index contributed by atoms with van der Waals surface area (Å²) >= 11 is 2.99. The summed E-state index contributed by atoms with van der Waals surface area (Å²) in [5.41, 5.74) is 1.20. The van der Waals surface area contributed by atoms with Gasteiger partial charge in [-0.25, -0.2) is 9.97 Å². The number of aromatic nitrogens is 2. The van der Waals surface area contributed by atoms with Gasteiger partial charge in [-0.15, -0.1) is 22.7 Å². The van der Waals surface area contributed by atoms with E-state index in [1.807, 2.05) is 48.0 Å². The Morgan fingerprint density at radius 1 is 1.15 bits per heavy atom. The van der Waals surface area contributed by atoms with Gasteiger partial charge in [0.25, 0.3) is 0 Å². The Hall–Kier alpha value is -2.03. The van der Waals surface area contributed by atoms with Crippen LogP contribution in [-0.2, 0) is 5.41 Å². The number of hydrogen-bond acceptors (Lipinski definition) is 5. The van der Waals surface area contributed by atoms with E-state index in [9.17, 15) is 5.26 Å². The lowest BCUT2D eigenvalue weighted by atomic mass is 9.94. The highest BCUT2D eigenvalue weighted by atomic mass is 32.1. The smallest absolute Gasteiger partial charge is 0.157 e. The molecule has 0 saturated heterocycles. The molecule has 0 fully saturated rings. The van der Waals surface area contributed by atoms with Gasteiger partial charge in [-0.3, -0.25) is 0 Å². The fourth-order valence-corrected chi connectivity index (χ4v) is 3.66. The zero-order valence-corrected chi connectivity index (χ0v) is 12.4. The van der Waals surface area contributed by atoms with Crippen molar-refractivity contribution in [2.75, 3.05) is 0 Å². The van der Waals surface area contributed by atoms with Crippen LogP contribution in [0.5, 0.6) is 0 Å². The zero-order valence-electron chi connectivity index (χ0n) is 10.8. The van der Waals surface area contributed by atoms with Crippen molar-refractivity contribution < 1.29 is 0 Å². The minimum atomic E-state index is -0.772. The molecular formula is C15H11N3S2. The van der Waals surface area contributed by atoms with Gasteiger partial charge in [-0.05, 0) is 6.92 Å². The van der Waals surface area contributed by atoms with Gasteiger partial charge in [0.2, 0.25) is 0 Å². The zero-order chi connectivity index (χ0) is 14.0. The average molecular weight is 297 g/mol. The molecule has 0 saturated carbocycles. The van der Waals surface area contributed by atoms with Crippen molar-refractivity contribution in [2.45, 2.75) is 12.3 Å². The third-order valence-corrected chi connectivity index (χ3v) is 5.14. The van der Waals surface area contributed by atoms with Crippen LogP contribution in [0.3, 0.4) is 0 Å². The van der Waals surface area contributed by atoms with Crippen LogP contribution in [0.15, 0.2) is 47.3 Å². The van der Waals surface area contributed by atoms with Gasteiger partial charge in [0.05, 0.1) is 11.8 Å². The normalized spacial score (nSPS) is 13.6. The van der Waals surface area contributed by atoms with Crippen LogP contribution in [0, 0.1) is 11.3 Å². The van der Waals surface area contributed by atoms with Crippen LogP contribution in [-0.4, -0.2) is 9.97 Å². The summed E-state index contributed by atoms with van der Waals surface area (Å²) in [6.07, 6.45) is 1.72. The Morgan fingerprint density at radius 2 is 1.95 bits per heavy atom. The van der Waals surface area contributed by atoms with Crippen molar-refractivity contribution in [1.82, 2.24) is 9.97 Å². The highest BCUT2D eigenvalue weighted by molar-refractivity contribution is 7.11. The van der Waals surface area contributed by atoms with E-state index in [-0.39, 0.29) is 0 Å². The Kier molecular flexibility index (Phi) is 3.35. The first kappa shape index (κ1) is 13.0. The third-order valence-electron chi connectivity index (χ3n) is 3.09. The first-order valence-corrected chi connectivity index (χ1v) is 7.82. The molecular weight excluding hydrogens is 286 g/mol. The first-order chi connectivity index (χ1) is 9.74. The van der Waals surface area contributed by atoms with Gasteiger partial charge < -0.3 is 0 Å².